The number of rotatable bonds is 70. The van der Waals surface area contributed by atoms with Crippen molar-refractivity contribution in [3.05, 3.63) is 0 Å². The maximum atomic E-state index is 13.0. The van der Waals surface area contributed by atoms with Gasteiger partial charge in [-0.05, 0) is 43.4 Å². The van der Waals surface area contributed by atoms with Crippen LogP contribution in [0, 0.1) is 17.8 Å². The van der Waals surface area contributed by atoms with Crippen LogP contribution < -0.4 is 0 Å². The topological polar surface area (TPSA) is 237 Å². The van der Waals surface area contributed by atoms with Crippen molar-refractivity contribution >= 4 is 39.5 Å². The van der Waals surface area contributed by atoms with E-state index in [9.17, 15) is 43.2 Å². The Morgan fingerprint density at radius 2 is 0.505 bits per heavy atom. The lowest BCUT2D eigenvalue weighted by molar-refractivity contribution is -0.161. The van der Waals surface area contributed by atoms with Crippen LogP contribution in [-0.4, -0.2) is 96.7 Å². The third-order valence-corrected chi connectivity index (χ3v) is 18.5. The largest absolute Gasteiger partial charge is 0.472 e. The molecule has 0 aliphatic heterocycles. The molecule has 0 aromatic heterocycles. The van der Waals surface area contributed by atoms with Crippen LogP contribution in [-0.2, 0) is 65.4 Å². The minimum atomic E-state index is -4.95. The maximum absolute atomic E-state index is 13.0. The van der Waals surface area contributed by atoms with Crippen molar-refractivity contribution in [2.24, 2.45) is 17.8 Å². The Kier molecular flexibility index (Phi) is 61.5. The summed E-state index contributed by atoms with van der Waals surface area (Å²) in [5.74, 6) is 0.137. The molecule has 0 radical (unpaired) electrons. The van der Waals surface area contributed by atoms with Gasteiger partial charge < -0.3 is 33.8 Å². The van der Waals surface area contributed by atoms with Gasteiger partial charge in [0.1, 0.15) is 19.3 Å². The second-order valence-electron chi connectivity index (χ2n) is 27.4. The van der Waals surface area contributed by atoms with Crippen molar-refractivity contribution in [2.45, 2.75) is 381 Å². The number of hydrogen-bond acceptors (Lipinski definition) is 15. The molecule has 0 amide bonds. The lowest BCUT2D eigenvalue weighted by Gasteiger charge is -2.21. The summed E-state index contributed by atoms with van der Waals surface area (Å²) in [6.07, 6.45) is 47.3. The second-order valence-corrected chi connectivity index (χ2v) is 30.3. The highest BCUT2D eigenvalue weighted by Crippen LogP contribution is 2.45. The Morgan fingerprint density at radius 3 is 0.747 bits per heavy atom. The van der Waals surface area contributed by atoms with E-state index in [1.54, 1.807) is 0 Å². The van der Waals surface area contributed by atoms with E-state index in [4.69, 9.17) is 37.0 Å². The molecule has 17 nitrogen and oxygen atoms in total. The number of aliphatic hydroxyl groups is 1. The van der Waals surface area contributed by atoms with Gasteiger partial charge in [-0.3, -0.25) is 37.3 Å². The first-order chi connectivity index (χ1) is 43.7. The van der Waals surface area contributed by atoms with Gasteiger partial charge in [0.2, 0.25) is 0 Å². The lowest BCUT2D eigenvalue weighted by atomic mass is 10.0. The predicted molar refractivity (Wildman–Crippen MR) is 368 cm³/mol. The fourth-order valence-electron chi connectivity index (χ4n) is 10.9. The third kappa shape index (κ3) is 66.5. The summed E-state index contributed by atoms with van der Waals surface area (Å²) in [6, 6.07) is 0. The molecule has 0 rings (SSSR count). The van der Waals surface area contributed by atoms with Gasteiger partial charge in [-0.15, -0.1) is 0 Å². The number of ether oxygens (including phenoxy) is 4. The average Bonchev–Trinajstić information content (AvgIpc) is 3.68. The summed E-state index contributed by atoms with van der Waals surface area (Å²) in [5.41, 5.74) is 0. The zero-order valence-electron chi connectivity index (χ0n) is 59.3. The number of phosphoric acid groups is 2. The highest BCUT2D eigenvalue weighted by atomic mass is 31.2. The molecule has 91 heavy (non-hydrogen) atoms. The third-order valence-electron chi connectivity index (χ3n) is 16.6. The molecule has 0 saturated heterocycles. The summed E-state index contributed by atoms with van der Waals surface area (Å²) in [7, 11) is -9.90. The monoisotopic (exact) mass is 1340 g/mol. The summed E-state index contributed by atoms with van der Waals surface area (Å²) in [6.45, 7) is 11.8. The van der Waals surface area contributed by atoms with E-state index in [2.05, 4.69) is 48.5 Å². The van der Waals surface area contributed by atoms with E-state index < -0.39 is 97.5 Å². The van der Waals surface area contributed by atoms with Gasteiger partial charge in [0.15, 0.2) is 12.2 Å². The Balaban J connectivity index is 5.20. The quantitative estimate of drug-likeness (QED) is 0.0222. The van der Waals surface area contributed by atoms with Crippen LogP contribution in [0.4, 0.5) is 0 Å². The van der Waals surface area contributed by atoms with Crippen LogP contribution in [0.3, 0.4) is 0 Å². The number of phosphoric ester groups is 2. The lowest BCUT2D eigenvalue weighted by Crippen LogP contribution is -2.30. The SMILES string of the molecule is CCCCCCCCCCCC(=O)OC[C@H](COP(=O)(O)OC[C@H](O)COP(=O)(O)OC[C@@H](COC(=O)CCCCCCCCCCCCC(C)C)OC(=O)CCCCCCCCCCCCCCCCCCC(C)C)OC(=O)CCCCCCCCCC(C)C. The van der Waals surface area contributed by atoms with Gasteiger partial charge in [0, 0.05) is 25.7 Å². The van der Waals surface area contributed by atoms with E-state index in [1.807, 2.05) is 0 Å². The molecule has 0 heterocycles. The van der Waals surface area contributed by atoms with Crippen molar-refractivity contribution in [2.75, 3.05) is 39.6 Å². The Bertz CT molecular complexity index is 1780. The Morgan fingerprint density at radius 1 is 0.297 bits per heavy atom. The van der Waals surface area contributed by atoms with E-state index in [0.717, 1.165) is 102 Å². The number of unbranched alkanes of at least 4 members (excludes halogenated alkanes) is 38. The first-order valence-corrected chi connectivity index (χ1v) is 40.3. The highest BCUT2D eigenvalue weighted by molar-refractivity contribution is 7.47. The molecule has 0 spiro atoms. The molecular formula is C72H140O17P2. The van der Waals surface area contributed by atoms with Gasteiger partial charge >= 0.3 is 39.5 Å². The number of carbonyl (C=O) groups excluding carboxylic acids is 4. The fourth-order valence-corrected chi connectivity index (χ4v) is 12.5. The summed E-state index contributed by atoms with van der Waals surface area (Å²) < 4.78 is 68.3. The van der Waals surface area contributed by atoms with E-state index in [-0.39, 0.29) is 25.7 Å². The van der Waals surface area contributed by atoms with Gasteiger partial charge in [-0.25, -0.2) is 9.13 Å². The number of hydrogen-bond donors (Lipinski definition) is 3. The van der Waals surface area contributed by atoms with E-state index >= 15 is 0 Å². The Labute approximate surface area is 556 Å². The standard InChI is InChI=1S/C72H140O17P2/c1-8-9-10-11-12-23-32-39-46-53-69(74)82-60-68(89-72(77)56-49-42-35-28-31-38-45-52-65(6)7)62-87-91(80,81)85-58-66(73)57-84-90(78,79)86-61-67(59-83-70(75)54-47-40-33-26-22-21-25-30-37-44-51-64(4)5)88-71(76)55-48-41-34-27-20-18-16-14-13-15-17-19-24-29-36-43-50-63(2)3/h63-68,73H,8-62H2,1-7H3,(H,78,79)(H,80,81)/t66-,67-,68-/m1/s1. The summed E-state index contributed by atoms with van der Waals surface area (Å²) in [4.78, 5) is 72.5. The second kappa shape index (κ2) is 62.8. The molecule has 0 aromatic rings. The van der Waals surface area contributed by atoms with E-state index in [1.165, 1.54) is 173 Å². The molecule has 19 heteroatoms. The average molecular weight is 1340 g/mol. The predicted octanol–water partition coefficient (Wildman–Crippen LogP) is 20.6. The molecule has 3 N–H and O–H groups in total. The first-order valence-electron chi connectivity index (χ1n) is 37.3. The van der Waals surface area contributed by atoms with Crippen molar-refractivity contribution in [1.29, 1.82) is 0 Å². The molecule has 0 saturated carbocycles. The van der Waals surface area contributed by atoms with Gasteiger partial charge in [0.25, 0.3) is 0 Å². The van der Waals surface area contributed by atoms with Crippen LogP contribution in [0.25, 0.3) is 0 Å². The zero-order chi connectivity index (χ0) is 67.3. The van der Waals surface area contributed by atoms with Crippen LogP contribution in [0.5, 0.6) is 0 Å². The maximum Gasteiger partial charge on any atom is 0.472 e. The first kappa shape index (κ1) is 89.1. The van der Waals surface area contributed by atoms with Crippen molar-refractivity contribution in [3.8, 4) is 0 Å². The van der Waals surface area contributed by atoms with Crippen LogP contribution >= 0.6 is 15.6 Å². The zero-order valence-corrected chi connectivity index (χ0v) is 61.1. The van der Waals surface area contributed by atoms with E-state index in [0.29, 0.717) is 31.6 Å². The van der Waals surface area contributed by atoms with Crippen LogP contribution in [0.2, 0.25) is 0 Å². The molecule has 2 unspecified atom stereocenters. The molecule has 5 atom stereocenters. The number of aliphatic hydroxyl groups excluding tert-OH is 1. The Hall–Kier alpha value is -1.94. The van der Waals surface area contributed by atoms with Crippen molar-refractivity contribution in [1.82, 2.24) is 0 Å². The normalized spacial score (nSPS) is 14.2. The van der Waals surface area contributed by atoms with Gasteiger partial charge in [-0.2, -0.15) is 0 Å². The smallest absolute Gasteiger partial charge is 0.462 e. The molecular weight excluding hydrogens is 1200 g/mol. The summed E-state index contributed by atoms with van der Waals surface area (Å²) in [5, 5.41) is 10.6. The van der Waals surface area contributed by atoms with Crippen LogP contribution in [0.15, 0.2) is 0 Å². The fraction of sp³-hybridized carbons (Fsp3) is 0.944. The number of carbonyl (C=O) groups is 4. The van der Waals surface area contributed by atoms with Crippen molar-refractivity contribution < 1.29 is 80.2 Å². The molecule has 0 aromatic carbocycles. The molecule has 0 bridgehead atoms. The summed E-state index contributed by atoms with van der Waals surface area (Å²) >= 11 is 0. The van der Waals surface area contributed by atoms with Gasteiger partial charge in [-0.1, -0.05) is 312 Å². The molecule has 0 aliphatic rings. The minimum Gasteiger partial charge on any atom is -0.462 e. The number of esters is 4. The molecule has 0 aliphatic carbocycles. The molecule has 0 fully saturated rings. The molecule has 540 valence electrons. The highest BCUT2D eigenvalue weighted by Gasteiger charge is 2.30. The van der Waals surface area contributed by atoms with Crippen molar-refractivity contribution in [3.63, 3.8) is 0 Å². The minimum absolute atomic E-state index is 0.103. The van der Waals surface area contributed by atoms with Gasteiger partial charge in [0.05, 0.1) is 26.4 Å². The van der Waals surface area contributed by atoms with Crippen LogP contribution in [0.1, 0.15) is 363 Å².